The zero-order valence-electron chi connectivity index (χ0n) is 12.8. The summed E-state index contributed by atoms with van der Waals surface area (Å²) in [5, 5.41) is 8.49. The molecule has 0 saturated carbocycles. The van der Waals surface area contributed by atoms with Crippen molar-refractivity contribution in [2.45, 2.75) is 30.2 Å². The fourth-order valence-corrected chi connectivity index (χ4v) is 3.14. The number of thioether (sulfide) groups is 1. The van der Waals surface area contributed by atoms with Crippen LogP contribution < -0.4 is 5.73 Å². The van der Waals surface area contributed by atoms with E-state index in [4.69, 9.17) is 5.73 Å². The second-order valence-electron chi connectivity index (χ2n) is 5.06. The summed E-state index contributed by atoms with van der Waals surface area (Å²) in [4.78, 5) is 23.3. The number of carbonyl (C=O) groups is 2. The molecule has 0 unspecified atom stereocenters. The van der Waals surface area contributed by atoms with Crippen LogP contribution in [0.5, 0.6) is 0 Å². The summed E-state index contributed by atoms with van der Waals surface area (Å²) >= 11 is 4.70. The molecule has 0 saturated heterocycles. The Kier molecular flexibility index (Phi) is 5.95. The first-order valence-corrected chi connectivity index (χ1v) is 8.68. The van der Waals surface area contributed by atoms with E-state index in [-0.39, 0.29) is 23.4 Å². The van der Waals surface area contributed by atoms with Gasteiger partial charge in [0.2, 0.25) is 5.91 Å². The summed E-state index contributed by atoms with van der Waals surface area (Å²) in [6.07, 6.45) is 0.665. The standard InChI is InChI=1S/C15H17BrN4O2S/c1-9(14(22)10-3-5-11(16)6-4-10)23-15-19-18-13(20(15)2)8-7-12(17)21/h3-6,9H,7-8H2,1-2H3,(H2,17,21)/t9-/m1/s1. The minimum atomic E-state index is -0.374. The molecule has 8 heteroatoms. The van der Waals surface area contributed by atoms with Gasteiger partial charge in [-0.05, 0) is 19.1 Å². The van der Waals surface area contributed by atoms with Gasteiger partial charge in [0.05, 0.1) is 5.25 Å². The van der Waals surface area contributed by atoms with Crippen LogP contribution in [0.4, 0.5) is 0 Å². The predicted octanol–water partition coefficient (Wildman–Crippen LogP) is 2.36. The Morgan fingerprint density at radius 3 is 2.57 bits per heavy atom. The molecule has 1 aromatic heterocycles. The van der Waals surface area contributed by atoms with Crippen molar-refractivity contribution in [2.75, 3.05) is 0 Å². The Hall–Kier alpha value is -1.67. The van der Waals surface area contributed by atoms with Crippen LogP contribution in [0.25, 0.3) is 0 Å². The van der Waals surface area contributed by atoms with E-state index in [0.29, 0.717) is 23.0 Å². The van der Waals surface area contributed by atoms with Crippen molar-refractivity contribution in [1.29, 1.82) is 0 Å². The number of amides is 1. The largest absolute Gasteiger partial charge is 0.370 e. The lowest BCUT2D eigenvalue weighted by Gasteiger charge is -2.10. The third-order valence-corrected chi connectivity index (χ3v) is 4.96. The third kappa shape index (κ3) is 4.65. The van der Waals surface area contributed by atoms with E-state index in [1.807, 2.05) is 26.1 Å². The zero-order chi connectivity index (χ0) is 17.0. The summed E-state index contributed by atoms with van der Waals surface area (Å²) in [5.41, 5.74) is 5.80. The van der Waals surface area contributed by atoms with E-state index in [1.54, 1.807) is 16.7 Å². The number of nitrogens with two attached hydrogens (primary N) is 1. The van der Waals surface area contributed by atoms with Gasteiger partial charge in [-0.3, -0.25) is 9.59 Å². The first-order chi connectivity index (χ1) is 10.9. The van der Waals surface area contributed by atoms with Gasteiger partial charge >= 0.3 is 0 Å². The predicted molar refractivity (Wildman–Crippen MR) is 92.3 cm³/mol. The van der Waals surface area contributed by atoms with Gasteiger partial charge in [0.25, 0.3) is 0 Å². The van der Waals surface area contributed by atoms with Gasteiger partial charge in [0.15, 0.2) is 10.9 Å². The number of Topliss-reactive ketones (excluding diaryl/α,β-unsaturated/α-hetero) is 1. The molecule has 1 atom stereocenters. The highest BCUT2D eigenvalue weighted by Crippen LogP contribution is 2.25. The maximum Gasteiger partial charge on any atom is 0.217 e. The molecular formula is C15H17BrN4O2S. The molecule has 2 N–H and O–H groups in total. The lowest BCUT2D eigenvalue weighted by molar-refractivity contribution is -0.118. The Balaban J connectivity index is 2.05. The minimum absolute atomic E-state index is 0.0317. The van der Waals surface area contributed by atoms with E-state index in [9.17, 15) is 9.59 Å². The number of carbonyl (C=O) groups excluding carboxylic acids is 2. The van der Waals surface area contributed by atoms with Crippen LogP contribution >= 0.6 is 27.7 Å². The summed E-state index contributed by atoms with van der Waals surface area (Å²) in [5.74, 6) is 0.333. The minimum Gasteiger partial charge on any atom is -0.370 e. The number of ketones is 1. The average Bonchev–Trinajstić information content (AvgIpc) is 2.85. The molecule has 1 amide bonds. The molecular weight excluding hydrogens is 380 g/mol. The first-order valence-electron chi connectivity index (χ1n) is 7.01. The van der Waals surface area contributed by atoms with Crippen LogP contribution in [-0.4, -0.2) is 31.7 Å². The van der Waals surface area contributed by atoms with Crippen LogP contribution in [0.15, 0.2) is 33.9 Å². The molecule has 6 nitrogen and oxygen atoms in total. The summed E-state index contributed by atoms with van der Waals surface area (Å²) in [7, 11) is 1.81. The Morgan fingerprint density at radius 1 is 1.30 bits per heavy atom. The van der Waals surface area contributed by atoms with Crippen molar-refractivity contribution in [3.05, 3.63) is 40.1 Å². The Morgan fingerprint density at radius 2 is 1.96 bits per heavy atom. The van der Waals surface area contributed by atoms with E-state index in [1.165, 1.54) is 11.8 Å². The highest BCUT2D eigenvalue weighted by atomic mass is 79.9. The first kappa shape index (κ1) is 17.7. The van der Waals surface area contributed by atoms with Crippen molar-refractivity contribution < 1.29 is 9.59 Å². The number of halogens is 1. The van der Waals surface area contributed by atoms with Crippen LogP contribution in [0.2, 0.25) is 0 Å². The number of aryl methyl sites for hydroxylation is 1. The van der Waals surface area contributed by atoms with Gasteiger partial charge in [-0.1, -0.05) is 39.8 Å². The third-order valence-electron chi connectivity index (χ3n) is 3.30. The molecule has 1 heterocycles. The van der Waals surface area contributed by atoms with Gasteiger partial charge in [-0.25, -0.2) is 0 Å². The molecule has 2 rings (SSSR count). The molecule has 0 bridgehead atoms. The molecule has 122 valence electrons. The normalized spacial score (nSPS) is 12.1. The maximum atomic E-state index is 12.4. The highest BCUT2D eigenvalue weighted by Gasteiger charge is 2.20. The fourth-order valence-electron chi connectivity index (χ4n) is 1.96. The number of rotatable bonds is 7. The molecule has 0 aliphatic heterocycles. The lowest BCUT2D eigenvalue weighted by Crippen LogP contribution is -2.15. The van der Waals surface area contributed by atoms with E-state index in [0.717, 1.165) is 4.47 Å². The quantitative estimate of drug-likeness (QED) is 0.572. The second-order valence-corrected chi connectivity index (χ2v) is 7.28. The molecule has 23 heavy (non-hydrogen) atoms. The van der Waals surface area contributed by atoms with Gasteiger partial charge in [0, 0.05) is 29.9 Å². The lowest BCUT2D eigenvalue weighted by atomic mass is 10.1. The smallest absolute Gasteiger partial charge is 0.217 e. The van der Waals surface area contributed by atoms with Gasteiger partial charge < -0.3 is 10.3 Å². The van der Waals surface area contributed by atoms with Crippen molar-refractivity contribution in [3.8, 4) is 0 Å². The molecule has 0 fully saturated rings. The molecule has 1 aromatic carbocycles. The summed E-state index contributed by atoms with van der Waals surface area (Å²) in [6, 6.07) is 7.26. The Bertz CT molecular complexity index is 715. The molecule has 0 spiro atoms. The molecule has 0 aliphatic carbocycles. The average molecular weight is 397 g/mol. The van der Waals surface area contributed by atoms with E-state index >= 15 is 0 Å². The second kappa shape index (κ2) is 7.74. The van der Waals surface area contributed by atoms with Crippen LogP contribution in [0.3, 0.4) is 0 Å². The SMILES string of the molecule is C[C@@H](Sc1nnc(CCC(N)=O)n1C)C(=O)c1ccc(Br)cc1. The van der Waals surface area contributed by atoms with Gasteiger partial charge in [-0.2, -0.15) is 0 Å². The summed E-state index contributed by atoms with van der Waals surface area (Å²) < 4.78 is 2.72. The number of hydrogen-bond donors (Lipinski definition) is 1. The van der Waals surface area contributed by atoms with Crippen LogP contribution in [-0.2, 0) is 18.3 Å². The zero-order valence-corrected chi connectivity index (χ0v) is 15.2. The van der Waals surface area contributed by atoms with Gasteiger partial charge in [-0.15, -0.1) is 10.2 Å². The molecule has 2 aromatic rings. The number of hydrogen-bond acceptors (Lipinski definition) is 5. The van der Waals surface area contributed by atoms with Crippen LogP contribution in [0, 0.1) is 0 Å². The van der Waals surface area contributed by atoms with Crippen LogP contribution in [0.1, 0.15) is 29.5 Å². The van der Waals surface area contributed by atoms with Gasteiger partial charge in [0.1, 0.15) is 5.82 Å². The number of aromatic nitrogens is 3. The van der Waals surface area contributed by atoms with Crippen molar-refractivity contribution >= 4 is 39.4 Å². The monoisotopic (exact) mass is 396 g/mol. The maximum absolute atomic E-state index is 12.4. The molecule has 0 aliphatic rings. The van der Waals surface area contributed by atoms with E-state index in [2.05, 4.69) is 26.1 Å². The van der Waals surface area contributed by atoms with Crippen molar-refractivity contribution in [3.63, 3.8) is 0 Å². The van der Waals surface area contributed by atoms with Crippen molar-refractivity contribution in [2.24, 2.45) is 12.8 Å². The topological polar surface area (TPSA) is 90.9 Å². The number of nitrogens with zero attached hydrogens (tertiary/aromatic N) is 3. The molecule has 0 radical (unpaired) electrons. The van der Waals surface area contributed by atoms with Crippen molar-refractivity contribution in [1.82, 2.24) is 14.8 Å². The number of benzene rings is 1. The highest BCUT2D eigenvalue weighted by molar-refractivity contribution is 9.10. The fraction of sp³-hybridized carbons (Fsp3) is 0.333. The summed E-state index contributed by atoms with van der Waals surface area (Å²) in [6.45, 7) is 1.84. The van der Waals surface area contributed by atoms with E-state index < -0.39 is 0 Å². The Labute approximate surface area is 147 Å². The number of primary amides is 1.